The van der Waals surface area contributed by atoms with E-state index >= 15 is 0 Å². The van der Waals surface area contributed by atoms with Crippen LogP contribution >= 0.6 is 0 Å². The number of fused-ring (bicyclic) bond motifs is 1. The number of nitrogens with one attached hydrogen (secondary N) is 4. The number of hydrogen-bond donors (Lipinski definition) is 6. The highest BCUT2D eigenvalue weighted by atomic mass is 16.5. The molecule has 13 heteroatoms. The maximum absolute atomic E-state index is 14.6. The average molecular weight is 749 g/mol. The Morgan fingerprint density at radius 3 is 2.26 bits per heavy atom. The Labute approximate surface area is 319 Å². The number of anilines is 1. The van der Waals surface area contributed by atoms with Crippen LogP contribution in [0.5, 0.6) is 5.75 Å². The number of hydrogen-bond acceptors (Lipinski definition) is 7. The van der Waals surface area contributed by atoms with Gasteiger partial charge in [-0.25, -0.2) is 4.79 Å². The number of rotatable bonds is 18. The van der Waals surface area contributed by atoms with E-state index in [1.54, 1.807) is 18.2 Å². The minimum Gasteiger partial charge on any atom is -0.491 e. The van der Waals surface area contributed by atoms with Gasteiger partial charge in [0.15, 0.2) is 0 Å². The molecule has 1 saturated carbocycles. The maximum Gasteiger partial charge on any atom is 0.316 e. The van der Waals surface area contributed by atoms with Crippen molar-refractivity contribution in [1.82, 2.24) is 20.9 Å². The lowest BCUT2D eigenvalue weighted by Crippen LogP contribution is -2.58. The Bertz CT molecular complexity index is 1580. The molecular formula is C41H60N6O7. The predicted molar refractivity (Wildman–Crippen MR) is 207 cm³/mol. The van der Waals surface area contributed by atoms with Gasteiger partial charge in [-0.3, -0.25) is 19.2 Å². The summed E-state index contributed by atoms with van der Waals surface area (Å²) in [6, 6.07) is 10.2. The molecule has 5 atom stereocenters. The molecule has 0 spiro atoms. The van der Waals surface area contributed by atoms with Crippen LogP contribution in [0.3, 0.4) is 0 Å². The zero-order chi connectivity index (χ0) is 39.4. The van der Waals surface area contributed by atoms with Crippen LogP contribution in [-0.4, -0.2) is 77.0 Å². The molecule has 13 nitrogen and oxygen atoms in total. The van der Waals surface area contributed by atoms with Crippen molar-refractivity contribution >= 4 is 35.3 Å². The number of nitrogens with zero attached hydrogens (tertiary/aromatic N) is 1. The van der Waals surface area contributed by atoms with Crippen molar-refractivity contribution in [2.45, 2.75) is 123 Å². The number of nitrogens with two attached hydrogens (primary N) is 1. The molecule has 3 unspecified atom stereocenters. The van der Waals surface area contributed by atoms with Crippen LogP contribution < -0.4 is 31.7 Å². The number of aliphatic hydroxyl groups excluding tert-OH is 1. The van der Waals surface area contributed by atoms with Crippen LogP contribution in [0.4, 0.5) is 10.5 Å². The summed E-state index contributed by atoms with van der Waals surface area (Å²) in [5, 5.41) is 22.8. The molecule has 2 aliphatic rings. The van der Waals surface area contributed by atoms with Gasteiger partial charge >= 0.3 is 6.03 Å². The minimum absolute atomic E-state index is 0.00680. The molecule has 296 valence electrons. The van der Waals surface area contributed by atoms with Crippen molar-refractivity contribution in [3.8, 4) is 5.75 Å². The topological polar surface area (TPSA) is 192 Å². The molecule has 4 rings (SSSR count). The first kappa shape index (κ1) is 42.1. The van der Waals surface area contributed by atoms with Crippen molar-refractivity contribution < 1.29 is 33.8 Å². The number of amides is 6. The molecular weight excluding hydrogens is 688 g/mol. The van der Waals surface area contributed by atoms with Gasteiger partial charge in [0.1, 0.15) is 24.4 Å². The predicted octanol–water partition coefficient (Wildman–Crippen LogP) is 4.58. The molecule has 54 heavy (non-hydrogen) atoms. The van der Waals surface area contributed by atoms with Crippen LogP contribution in [0, 0.1) is 17.8 Å². The summed E-state index contributed by atoms with van der Waals surface area (Å²) >= 11 is 0. The van der Waals surface area contributed by atoms with Crippen LogP contribution in [0.25, 0.3) is 0 Å². The maximum atomic E-state index is 14.6. The second kappa shape index (κ2) is 20.1. The van der Waals surface area contributed by atoms with Crippen molar-refractivity contribution in [3.63, 3.8) is 0 Å². The highest BCUT2D eigenvalue weighted by Gasteiger charge is 2.40. The van der Waals surface area contributed by atoms with Crippen molar-refractivity contribution in [3.05, 3.63) is 59.7 Å². The van der Waals surface area contributed by atoms with Crippen molar-refractivity contribution in [2.75, 3.05) is 18.5 Å². The molecule has 0 aromatic heterocycles. The summed E-state index contributed by atoms with van der Waals surface area (Å²) in [6.45, 7) is 9.84. The van der Waals surface area contributed by atoms with Gasteiger partial charge in [-0.05, 0) is 54.4 Å². The summed E-state index contributed by atoms with van der Waals surface area (Å²) in [6.07, 6.45) is 5.00. The number of benzene rings is 2. The molecule has 1 aliphatic carbocycles. The van der Waals surface area contributed by atoms with E-state index in [0.717, 1.165) is 37.7 Å². The van der Waals surface area contributed by atoms with Gasteiger partial charge in [-0.1, -0.05) is 90.1 Å². The number of carbonyl (C=O) groups is 5. The summed E-state index contributed by atoms with van der Waals surface area (Å²) in [7, 11) is 0. The third-order valence-corrected chi connectivity index (χ3v) is 10.2. The van der Waals surface area contributed by atoms with Gasteiger partial charge in [0.25, 0.3) is 0 Å². The third kappa shape index (κ3) is 12.5. The molecule has 2 aromatic carbocycles. The van der Waals surface area contributed by atoms with E-state index in [4.69, 9.17) is 10.5 Å². The van der Waals surface area contributed by atoms with Crippen molar-refractivity contribution in [2.24, 2.45) is 23.5 Å². The number of carbonyl (C=O) groups excluding carboxylic acids is 5. The number of aliphatic hydroxyl groups is 1. The zero-order valence-electron chi connectivity index (χ0n) is 32.4. The SMILES string of the molecule is CC(=O)N(C1COc2ccc(NC(N)=O)cc21)[C@@H](Cc1ccccc1)C(=O)N[C@@H](CC(C)C)C(=O)NC(CC1CCCCC1)C(O)CC(=O)NCC(C)C. The van der Waals surface area contributed by atoms with Crippen LogP contribution in [0.15, 0.2) is 48.5 Å². The number of ether oxygens (including phenoxy) is 1. The summed E-state index contributed by atoms with van der Waals surface area (Å²) < 4.78 is 5.95. The second-order valence-electron chi connectivity index (χ2n) is 15.7. The smallest absolute Gasteiger partial charge is 0.316 e. The van der Waals surface area contributed by atoms with E-state index in [0.29, 0.717) is 42.3 Å². The molecule has 6 amide bonds. The molecule has 7 N–H and O–H groups in total. The number of primary amides is 1. The van der Waals surface area contributed by atoms with E-state index in [1.807, 2.05) is 58.0 Å². The van der Waals surface area contributed by atoms with Gasteiger partial charge in [-0.2, -0.15) is 0 Å². The molecule has 1 aliphatic heterocycles. The average Bonchev–Trinajstić information content (AvgIpc) is 3.52. The summed E-state index contributed by atoms with van der Waals surface area (Å²) in [5.41, 5.74) is 7.20. The highest BCUT2D eigenvalue weighted by Crippen LogP contribution is 2.39. The first-order valence-corrected chi connectivity index (χ1v) is 19.4. The third-order valence-electron chi connectivity index (χ3n) is 10.2. The van der Waals surface area contributed by atoms with Gasteiger partial charge in [0.05, 0.1) is 24.6 Å². The van der Waals surface area contributed by atoms with Crippen molar-refractivity contribution in [1.29, 1.82) is 0 Å². The fourth-order valence-electron chi connectivity index (χ4n) is 7.53. The molecule has 1 heterocycles. The van der Waals surface area contributed by atoms with Crippen LogP contribution in [0.2, 0.25) is 0 Å². The number of urea groups is 1. The quantitative estimate of drug-likeness (QED) is 0.129. The standard InChI is InChI=1S/C41H60N6O7/c1-25(2)18-33(39(51)45-32(19-28-12-8-6-9-13-28)36(49)22-38(50)43-23-26(3)4)46-40(52)34(20-29-14-10-7-11-15-29)47(27(5)48)35-24-54-37-17-16-30(21-31(35)37)44-41(42)53/h7,10-11,14-17,21,25-26,28,32-36,49H,6,8-9,12-13,18-20,22-24H2,1-5H3,(H,43,50)(H,45,51)(H,46,52)(H3,42,44,53)/t32?,33-,34-,35?,36?/m0/s1. The zero-order valence-corrected chi connectivity index (χ0v) is 32.4. The first-order chi connectivity index (χ1) is 25.7. The fourth-order valence-corrected chi connectivity index (χ4v) is 7.53. The first-order valence-electron chi connectivity index (χ1n) is 19.4. The van der Waals surface area contributed by atoms with Gasteiger partial charge in [0.2, 0.25) is 23.6 Å². The molecule has 1 fully saturated rings. The van der Waals surface area contributed by atoms with Crippen LogP contribution in [-0.2, 0) is 25.6 Å². The lowest BCUT2D eigenvalue weighted by atomic mass is 9.83. The Kier molecular flexibility index (Phi) is 15.7. The Morgan fingerprint density at radius 2 is 1.63 bits per heavy atom. The summed E-state index contributed by atoms with van der Waals surface area (Å²) in [5.74, 6) is -0.571. The fraction of sp³-hybridized carbons (Fsp3) is 0.585. The molecule has 0 bridgehead atoms. The van der Waals surface area contributed by atoms with Gasteiger partial charge in [-0.15, -0.1) is 0 Å². The van der Waals surface area contributed by atoms with E-state index in [1.165, 1.54) is 11.8 Å². The molecule has 0 radical (unpaired) electrons. The molecule has 2 aromatic rings. The summed E-state index contributed by atoms with van der Waals surface area (Å²) in [4.78, 5) is 68.2. The van der Waals surface area contributed by atoms with E-state index in [-0.39, 0.29) is 43.1 Å². The lowest BCUT2D eigenvalue weighted by molar-refractivity contribution is -0.143. The second-order valence-corrected chi connectivity index (χ2v) is 15.7. The van der Waals surface area contributed by atoms with E-state index in [2.05, 4.69) is 21.3 Å². The molecule has 0 saturated heterocycles. The highest BCUT2D eigenvalue weighted by molar-refractivity contribution is 5.92. The lowest BCUT2D eigenvalue weighted by Gasteiger charge is -2.36. The Hall–Kier alpha value is -4.65. The van der Waals surface area contributed by atoms with E-state index in [9.17, 15) is 29.1 Å². The minimum atomic E-state index is -1.12. The van der Waals surface area contributed by atoms with E-state index < -0.39 is 48.1 Å². The normalized spacial score (nSPS) is 17.7. The Balaban J connectivity index is 1.62. The van der Waals surface area contributed by atoms with Gasteiger partial charge in [0, 0.05) is 31.1 Å². The van der Waals surface area contributed by atoms with Crippen LogP contribution in [0.1, 0.15) is 103 Å². The largest absolute Gasteiger partial charge is 0.491 e. The monoisotopic (exact) mass is 748 g/mol. The Morgan fingerprint density at radius 1 is 0.926 bits per heavy atom. The van der Waals surface area contributed by atoms with Gasteiger partial charge < -0.3 is 41.7 Å².